The second-order valence-electron chi connectivity index (χ2n) is 3.51. The summed E-state index contributed by atoms with van der Waals surface area (Å²) in [6.07, 6.45) is 1.17. The summed E-state index contributed by atoms with van der Waals surface area (Å²) < 4.78 is 4.97. The van der Waals surface area contributed by atoms with Gasteiger partial charge in [-0.15, -0.1) is 0 Å². The third-order valence-electron chi connectivity index (χ3n) is 2.07. The van der Waals surface area contributed by atoms with Gasteiger partial charge in [0.05, 0.1) is 12.9 Å². The maximum absolute atomic E-state index is 11.8. The summed E-state index contributed by atoms with van der Waals surface area (Å²) in [5.74, 6) is -0.874. The van der Waals surface area contributed by atoms with E-state index in [-0.39, 0.29) is 11.4 Å². The monoisotopic (exact) mass is 267 g/mol. The SMILES string of the molecule is CCOC=C(C(C)=O)C(=O)Nc1cccc(Cl)c1. The van der Waals surface area contributed by atoms with Gasteiger partial charge in [0.15, 0.2) is 5.78 Å². The molecule has 1 aromatic rings. The third-order valence-corrected chi connectivity index (χ3v) is 2.31. The predicted molar refractivity (Wildman–Crippen MR) is 70.5 cm³/mol. The van der Waals surface area contributed by atoms with Crippen molar-refractivity contribution in [3.05, 3.63) is 41.1 Å². The molecule has 1 rings (SSSR count). The first-order valence-corrected chi connectivity index (χ1v) is 5.82. The number of benzene rings is 1. The van der Waals surface area contributed by atoms with Gasteiger partial charge in [-0.05, 0) is 32.0 Å². The average molecular weight is 268 g/mol. The Labute approximate surface area is 111 Å². The van der Waals surface area contributed by atoms with Crippen LogP contribution in [0, 0.1) is 0 Å². The number of amides is 1. The summed E-state index contributed by atoms with van der Waals surface area (Å²) in [4.78, 5) is 23.2. The number of ketones is 1. The first-order valence-electron chi connectivity index (χ1n) is 5.44. The lowest BCUT2D eigenvalue weighted by Gasteiger charge is -2.07. The molecule has 0 fully saturated rings. The Morgan fingerprint density at radius 1 is 1.44 bits per heavy atom. The lowest BCUT2D eigenvalue weighted by Crippen LogP contribution is -2.19. The summed E-state index contributed by atoms with van der Waals surface area (Å²) >= 11 is 5.80. The van der Waals surface area contributed by atoms with E-state index in [2.05, 4.69) is 5.32 Å². The van der Waals surface area contributed by atoms with Crippen LogP contribution in [0.1, 0.15) is 13.8 Å². The molecule has 0 atom stereocenters. The smallest absolute Gasteiger partial charge is 0.262 e. The minimum atomic E-state index is -0.516. The van der Waals surface area contributed by atoms with Crippen LogP contribution in [-0.2, 0) is 14.3 Å². The second kappa shape index (κ2) is 6.81. The number of carbonyl (C=O) groups is 2. The molecule has 1 N–H and O–H groups in total. The van der Waals surface area contributed by atoms with Gasteiger partial charge in [-0.25, -0.2) is 0 Å². The van der Waals surface area contributed by atoms with Gasteiger partial charge in [0, 0.05) is 10.7 Å². The molecular weight excluding hydrogens is 254 g/mol. The molecule has 4 nitrogen and oxygen atoms in total. The minimum absolute atomic E-state index is 0.0307. The summed E-state index contributed by atoms with van der Waals surface area (Å²) in [5.41, 5.74) is 0.493. The number of ether oxygens (including phenoxy) is 1. The Hall–Kier alpha value is -1.81. The van der Waals surface area contributed by atoms with Gasteiger partial charge in [-0.3, -0.25) is 9.59 Å². The fraction of sp³-hybridized carbons (Fsp3) is 0.231. The molecule has 1 amide bonds. The van der Waals surface area contributed by atoms with Crippen LogP contribution in [-0.4, -0.2) is 18.3 Å². The van der Waals surface area contributed by atoms with E-state index < -0.39 is 5.91 Å². The highest BCUT2D eigenvalue weighted by molar-refractivity contribution is 6.31. The summed E-state index contributed by atoms with van der Waals surface area (Å²) in [6.45, 7) is 3.47. The molecule has 0 aliphatic carbocycles. The number of hydrogen-bond acceptors (Lipinski definition) is 3. The van der Waals surface area contributed by atoms with Crippen molar-refractivity contribution in [3.8, 4) is 0 Å². The summed E-state index contributed by atoms with van der Waals surface area (Å²) in [6, 6.07) is 6.68. The number of halogens is 1. The van der Waals surface area contributed by atoms with Crippen molar-refractivity contribution >= 4 is 29.0 Å². The third kappa shape index (κ3) is 4.22. The molecule has 0 bridgehead atoms. The molecule has 96 valence electrons. The first kappa shape index (κ1) is 14.3. The molecule has 0 unspecified atom stereocenters. The van der Waals surface area contributed by atoms with Gasteiger partial charge in [0.2, 0.25) is 0 Å². The Morgan fingerprint density at radius 3 is 2.72 bits per heavy atom. The van der Waals surface area contributed by atoms with Gasteiger partial charge in [-0.2, -0.15) is 0 Å². The van der Waals surface area contributed by atoms with Crippen molar-refractivity contribution in [2.45, 2.75) is 13.8 Å². The lowest BCUT2D eigenvalue weighted by atomic mass is 10.2. The van der Waals surface area contributed by atoms with Crippen molar-refractivity contribution in [2.75, 3.05) is 11.9 Å². The van der Waals surface area contributed by atoms with E-state index in [0.29, 0.717) is 17.3 Å². The molecule has 5 heteroatoms. The predicted octanol–water partition coefficient (Wildman–Crippen LogP) is 2.79. The van der Waals surface area contributed by atoms with Gasteiger partial charge in [0.1, 0.15) is 5.57 Å². The van der Waals surface area contributed by atoms with Crippen LogP contribution >= 0.6 is 11.6 Å². The van der Waals surface area contributed by atoms with Gasteiger partial charge in [-0.1, -0.05) is 17.7 Å². The lowest BCUT2D eigenvalue weighted by molar-refractivity contribution is -0.119. The molecule has 18 heavy (non-hydrogen) atoms. The molecule has 0 aliphatic rings. The van der Waals surface area contributed by atoms with Crippen LogP contribution in [0.3, 0.4) is 0 Å². The zero-order chi connectivity index (χ0) is 13.5. The Balaban J connectivity index is 2.82. The topological polar surface area (TPSA) is 55.4 Å². The van der Waals surface area contributed by atoms with Crippen molar-refractivity contribution < 1.29 is 14.3 Å². The van der Waals surface area contributed by atoms with Gasteiger partial charge >= 0.3 is 0 Å². The fourth-order valence-electron chi connectivity index (χ4n) is 1.23. The van der Waals surface area contributed by atoms with E-state index in [0.717, 1.165) is 0 Å². The quantitative estimate of drug-likeness (QED) is 0.386. The Bertz CT molecular complexity index is 483. The van der Waals surface area contributed by atoms with Crippen LogP contribution in [0.15, 0.2) is 36.1 Å². The molecule has 0 saturated heterocycles. The molecule has 0 aromatic heterocycles. The van der Waals surface area contributed by atoms with E-state index in [4.69, 9.17) is 16.3 Å². The van der Waals surface area contributed by atoms with Crippen LogP contribution in [0.5, 0.6) is 0 Å². The van der Waals surface area contributed by atoms with E-state index >= 15 is 0 Å². The average Bonchev–Trinajstić information content (AvgIpc) is 2.29. The molecular formula is C13H14ClNO3. The highest BCUT2D eigenvalue weighted by Gasteiger charge is 2.15. The maximum atomic E-state index is 11.8. The Morgan fingerprint density at radius 2 is 2.17 bits per heavy atom. The van der Waals surface area contributed by atoms with Crippen LogP contribution in [0.25, 0.3) is 0 Å². The molecule has 0 radical (unpaired) electrons. The van der Waals surface area contributed by atoms with Crippen LogP contribution in [0.2, 0.25) is 5.02 Å². The number of carbonyl (C=O) groups excluding carboxylic acids is 2. The molecule has 0 spiro atoms. The second-order valence-corrected chi connectivity index (χ2v) is 3.94. The minimum Gasteiger partial charge on any atom is -0.501 e. The van der Waals surface area contributed by atoms with Gasteiger partial charge < -0.3 is 10.1 Å². The van der Waals surface area contributed by atoms with Crippen molar-refractivity contribution in [1.29, 1.82) is 0 Å². The van der Waals surface area contributed by atoms with E-state index in [9.17, 15) is 9.59 Å². The molecule has 1 aromatic carbocycles. The number of hydrogen-bond donors (Lipinski definition) is 1. The van der Waals surface area contributed by atoms with Gasteiger partial charge in [0.25, 0.3) is 5.91 Å². The largest absolute Gasteiger partial charge is 0.501 e. The zero-order valence-corrected chi connectivity index (χ0v) is 11.0. The van der Waals surface area contributed by atoms with E-state index in [1.807, 2.05) is 0 Å². The van der Waals surface area contributed by atoms with Crippen molar-refractivity contribution in [2.24, 2.45) is 0 Å². The highest BCUT2D eigenvalue weighted by atomic mass is 35.5. The number of rotatable bonds is 5. The molecule has 0 heterocycles. The van der Waals surface area contributed by atoms with Crippen LogP contribution in [0.4, 0.5) is 5.69 Å². The standard InChI is InChI=1S/C13H14ClNO3/c1-3-18-8-12(9(2)16)13(17)15-11-6-4-5-10(14)7-11/h4-8H,3H2,1-2H3,(H,15,17). The van der Waals surface area contributed by atoms with E-state index in [1.165, 1.54) is 13.2 Å². The number of Topliss-reactive ketones (excluding diaryl/α,β-unsaturated/α-hetero) is 1. The van der Waals surface area contributed by atoms with Crippen molar-refractivity contribution in [1.82, 2.24) is 0 Å². The number of nitrogens with one attached hydrogen (secondary N) is 1. The van der Waals surface area contributed by atoms with Crippen molar-refractivity contribution in [3.63, 3.8) is 0 Å². The highest BCUT2D eigenvalue weighted by Crippen LogP contribution is 2.15. The van der Waals surface area contributed by atoms with Crippen LogP contribution < -0.4 is 5.32 Å². The fourth-order valence-corrected chi connectivity index (χ4v) is 1.42. The molecule has 0 saturated carbocycles. The first-order chi connectivity index (χ1) is 8.54. The summed E-state index contributed by atoms with van der Waals surface area (Å²) in [7, 11) is 0. The number of anilines is 1. The molecule has 0 aliphatic heterocycles. The zero-order valence-electron chi connectivity index (χ0n) is 10.2. The Kier molecular flexibility index (Phi) is 5.39. The normalized spacial score (nSPS) is 10.9. The van der Waals surface area contributed by atoms with E-state index in [1.54, 1.807) is 31.2 Å². The maximum Gasteiger partial charge on any atom is 0.262 e. The summed E-state index contributed by atoms with van der Waals surface area (Å²) in [5, 5.41) is 3.09.